The molecule has 0 saturated carbocycles. The minimum Gasteiger partial charge on any atom is -0.397 e. The number of pyridine rings is 1. The second-order valence-corrected chi connectivity index (χ2v) is 5.08. The van der Waals surface area contributed by atoms with E-state index in [-0.39, 0.29) is 5.82 Å². The van der Waals surface area contributed by atoms with E-state index < -0.39 is 0 Å². The van der Waals surface area contributed by atoms with Crippen molar-refractivity contribution >= 4 is 22.1 Å². The van der Waals surface area contributed by atoms with Crippen LogP contribution in [-0.4, -0.2) is 12.0 Å². The van der Waals surface area contributed by atoms with Gasteiger partial charge in [0, 0.05) is 36.8 Å². The van der Waals surface area contributed by atoms with Crippen LogP contribution in [0.1, 0.15) is 5.56 Å². The van der Waals surface area contributed by atoms with Crippen LogP contribution in [-0.2, 0) is 6.54 Å². The maximum absolute atomic E-state index is 12.9. The highest BCUT2D eigenvalue weighted by Gasteiger charge is 2.09. The van der Waals surface area contributed by atoms with Crippen LogP contribution in [0.2, 0.25) is 0 Å². The normalized spacial score (nSPS) is 10.8. The molecule has 21 heavy (non-hydrogen) atoms. The van der Waals surface area contributed by atoms with Crippen molar-refractivity contribution in [1.82, 2.24) is 4.98 Å². The van der Waals surface area contributed by atoms with Crippen LogP contribution >= 0.6 is 0 Å². The monoisotopic (exact) mass is 281 g/mol. The SMILES string of the molecule is CN(Cc1ccc(F)cc1)c1ccc2cnccc2c1N. The third kappa shape index (κ3) is 2.65. The molecule has 3 rings (SSSR count). The van der Waals surface area contributed by atoms with Crippen molar-refractivity contribution in [2.45, 2.75) is 6.54 Å². The highest BCUT2D eigenvalue weighted by molar-refractivity contribution is 5.98. The van der Waals surface area contributed by atoms with Gasteiger partial charge in [0.2, 0.25) is 0 Å². The number of nitrogen functional groups attached to an aromatic ring is 1. The van der Waals surface area contributed by atoms with E-state index in [2.05, 4.69) is 9.88 Å². The van der Waals surface area contributed by atoms with Crippen LogP contribution in [0.3, 0.4) is 0 Å². The number of benzene rings is 2. The predicted octanol–water partition coefficient (Wildman–Crippen LogP) is 3.59. The second kappa shape index (κ2) is 5.40. The molecular weight excluding hydrogens is 265 g/mol. The zero-order chi connectivity index (χ0) is 14.8. The van der Waals surface area contributed by atoms with E-state index in [0.29, 0.717) is 6.54 Å². The van der Waals surface area contributed by atoms with Crippen LogP contribution < -0.4 is 10.6 Å². The summed E-state index contributed by atoms with van der Waals surface area (Å²) in [5.74, 6) is -0.223. The maximum Gasteiger partial charge on any atom is 0.123 e. The molecule has 2 N–H and O–H groups in total. The molecule has 0 aliphatic carbocycles. The van der Waals surface area contributed by atoms with E-state index in [9.17, 15) is 4.39 Å². The topological polar surface area (TPSA) is 42.2 Å². The number of fused-ring (bicyclic) bond motifs is 1. The molecule has 0 atom stereocenters. The molecule has 0 amide bonds. The highest BCUT2D eigenvalue weighted by atomic mass is 19.1. The maximum atomic E-state index is 12.9. The van der Waals surface area contributed by atoms with Gasteiger partial charge in [0.25, 0.3) is 0 Å². The van der Waals surface area contributed by atoms with Crippen molar-refractivity contribution in [1.29, 1.82) is 0 Å². The van der Waals surface area contributed by atoms with Gasteiger partial charge in [-0.2, -0.15) is 0 Å². The van der Waals surface area contributed by atoms with Crippen molar-refractivity contribution in [3.8, 4) is 0 Å². The first-order valence-corrected chi connectivity index (χ1v) is 6.73. The molecule has 4 heteroatoms. The molecule has 106 valence electrons. The second-order valence-electron chi connectivity index (χ2n) is 5.08. The molecule has 1 heterocycles. The standard InChI is InChI=1S/C17H16FN3/c1-21(11-12-2-5-14(18)6-3-12)16-7-4-13-10-20-9-8-15(13)17(16)19/h2-10H,11,19H2,1H3. The van der Waals surface area contributed by atoms with E-state index in [1.54, 1.807) is 24.5 Å². The molecule has 3 nitrogen and oxygen atoms in total. The Hall–Kier alpha value is -2.62. The fraction of sp³-hybridized carbons (Fsp3) is 0.118. The third-order valence-corrected chi connectivity index (χ3v) is 3.58. The molecule has 0 spiro atoms. The molecule has 0 saturated heterocycles. The van der Waals surface area contributed by atoms with Gasteiger partial charge in [-0.3, -0.25) is 4.98 Å². The fourth-order valence-electron chi connectivity index (χ4n) is 2.46. The van der Waals surface area contributed by atoms with E-state index in [0.717, 1.165) is 27.7 Å². The number of anilines is 2. The summed E-state index contributed by atoms with van der Waals surface area (Å²) >= 11 is 0. The smallest absolute Gasteiger partial charge is 0.123 e. The van der Waals surface area contributed by atoms with Crippen LogP contribution in [0.25, 0.3) is 10.8 Å². The predicted molar refractivity (Wildman–Crippen MR) is 84.7 cm³/mol. The molecule has 2 aromatic carbocycles. The average molecular weight is 281 g/mol. The van der Waals surface area contributed by atoms with Gasteiger partial charge in [-0.25, -0.2) is 4.39 Å². The lowest BCUT2D eigenvalue weighted by Crippen LogP contribution is -2.17. The number of nitrogens with zero attached hydrogens (tertiary/aromatic N) is 2. The Balaban J connectivity index is 1.92. The van der Waals surface area contributed by atoms with Crippen molar-refractivity contribution in [3.63, 3.8) is 0 Å². The number of hydrogen-bond acceptors (Lipinski definition) is 3. The number of rotatable bonds is 3. The summed E-state index contributed by atoms with van der Waals surface area (Å²) < 4.78 is 12.9. The summed E-state index contributed by atoms with van der Waals surface area (Å²) in [5.41, 5.74) is 9.00. The van der Waals surface area contributed by atoms with Gasteiger partial charge in [0.15, 0.2) is 0 Å². The summed E-state index contributed by atoms with van der Waals surface area (Å²) in [6.07, 6.45) is 3.54. The van der Waals surface area contributed by atoms with Gasteiger partial charge >= 0.3 is 0 Å². The van der Waals surface area contributed by atoms with E-state index in [1.165, 1.54) is 12.1 Å². The molecule has 1 aromatic heterocycles. The van der Waals surface area contributed by atoms with Crippen LogP contribution in [0, 0.1) is 5.82 Å². The Bertz CT molecular complexity index is 769. The van der Waals surface area contributed by atoms with E-state index in [1.807, 2.05) is 25.2 Å². The largest absolute Gasteiger partial charge is 0.397 e. The van der Waals surface area contributed by atoms with Crippen LogP contribution in [0.15, 0.2) is 54.9 Å². The van der Waals surface area contributed by atoms with Crippen molar-refractivity contribution in [3.05, 3.63) is 66.2 Å². The van der Waals surface area contributed by atoms with Gasteiger partial charge in [-0.15, -0.1) is 0 Å². The lowest BCUT2D eigenvalue weighted by atomic mass is 10.1. The third-order valence-electron chi connectivity index (χ3n) is 3.58. The lowest BCUT2D eigenvalue weighted by molar-refractivity contribution is 0.627. The van der Waals surface area contributed by atoms with Crippen LogP contribution in [0.5, 0.6) is 0 Å². The Morgan fingerprint density at radius 2 is 1.86 bits per heavy atom. The fourth-order valence-corrected chi connectivity index (χ4v) is 2.46. The van der Waals surface area contributed by atoms with Crippen molar-refractivity contribution < 1.29 is 4.39 Å². The summed E-state index contributed by atoms with van der Waals surface area (Å²) in [4.78, 5) is 6.16. The Morgan fingerprint density at radius 1 is 1.10 bits per heavy atom. The van der Waals surface area contributed by atoms with E-state index in [4.69, 9.17) is 5.73 Å². The number of hydrogen-bond donors (Lipinski definition) is 1. The average Bonchev–Trinajstić information content (AvgIpc) is 2.50. The molecular formula is C17H16FN3. The van der Waals surface area contributed by atoms with Gasteiger partial charge in [-0.05, 0) is 29.8 Å². The number of nitrogens with two attached hydrogens (primary N) is 1. The molecule has 0 bridgehead atoms. The molecule has 0 fully saturated rings. The molecule has 3 aromatic rings. The molecule has 0 aliphatic rings. The first-order valence-electron chi connectivity index (χ1n) is 6.73. The van der Waals surface area contributed by atoms with Crippen LogP contribution in [0.4, 0.5) is 15.8 Å². The minimum absolute atomic E-state index is 0.223. The molecule has 0 aliphatic heterocycles. The lowest BCUT2D eigenvalue weighted by Gasteiger charge is -2.22. The highest BCUT2D eigenvalue weighted by Crippen LogP contribution is 2.31. The van der Waals surface area contributed by atoms with Crippen molar-refractivity contribution in [2.24, 2.45) is 0 Å². The summed E-state index contributed by atoms with van der Waals surface area (Å²) in [6, 6.07) is 12.4. The Labute approximate surface area is 122 Å². The quantitative estimate of drug-likeness (QED) is 0.746. The molecule has 0 radical (unpaired) electrons. The zero-order valence-corrected chi connectivity index (χ0v) is 11.8. The molecule has 0 unspecified atom stereocenters. The number of halogens is 1. The Morgan fingerprint density at radius 3 is 2.62 bits per heavy atom. The summed E-state index contributed by atoms with van der Waals surface area (Å²) in [6.45, 7) is 0.668. The number of aromatic nitrogens is 1. The van der Waals surface area contributed by atoms with Gasteiger partial charge < -0.3 is 10.6 Å². The minimum atomic E-state index is -0.223. The van der Waals surface area contributed by atoms with E-state index >= 15 is 0 Å². The first-order chi connectivity index (χ1) is 10.1. The summed E-state index contributed by atoms with van der Waals surface area (Å²) in [5, 5.41) is 2.02. The van der Waals surface area contributed by atoms with Gasteiger partial charge in [0.05, 0.1) is 11.4 Å². The van der Waals surface area contributed by atoms with Crippen molar-refractivity contribution in [2.75, 3.05) is 17.7 Å². The van der Waals surface area contributed by atoms with Gasteiger partial charge in [0.1, 0.15) is 5.82 Å². The zero-order valence-electron chi connectivity index (χ0n) is 11.8. The van der Waals surface area contributed by atoms with Gasteiger partial charge in [-0.1, -0.05) is 18.2 Å². The first kappa shape index (κ1) is 13.4. The summed E-state index contributed by atoms with van der Waals surface area (Å²) in [7, 11) is 1.97. The Kier molecular flexibility index (Phi) is 3.44.